The molecule has 1 aliphatic heterocycles. The van der Waals surface area contributed by atoms with E-state index in [9.17, 15) is 4.79 Å². The van der Waals surface area contributed by atoms with E-state index in [4.69, 9.17) is 9.15 Å². The monoisotopic (exact) mass is 299 g/mol. The Hall–Kier alpha value is -2.07. The van der Waals surface area contributed by atoms with Gasteiger partial charge in [0.25, 0.3) is 5.91 Å². The molecule has 1 unspecified atom stereocenters. The van der Waals surface area contributed by atoms with E-state index in [-0.39, 0.29) is 17.6 Å². The summed E-state index contributed by atoms with van der Waals surface area (Å²) >= 11 is 0. The zero-order valence-corrected chi connectivity index (χ0v) is 13.6. The summed E-state index contributed by atoms with van der Waals surface area (Å²) in [6.45, 7) is 9.77. The molecule has 1 amide bonds. The fourth-order valence-electron chi connectivity index (χ4n) is 3.30. The molecule has 22 heavy (non-hydrogen) atoms. The first-order valence-electron chi connectivity index (χ1n) is 7.48. The maximum Gasteiger partial charge on any atom is 0.259 e. The van der Waals surface area contributed by atoms with Gasteiger partial charge in [0.2, 0.25) is 0 Å². The Kier molecular flexibility index (Phi) is 3.37. The van der Waals surface area contributed by atoms with Crippen molar-refractivity contribution in [2.75, 3.05) is 5.32 Å². The Labute approximate surface area is 130 Å². The van der Waals surface area contributed by atoms with Crippen LogP contribution in [-0.4, -0.2) is 5.91 Å². The molecule has 1 aromatic heterocycles. The predicted octanol–water partition coefficient (Wildman–Crippen LogP) is 4.48. The summed E-state index contributed by atoms with van der Waals surface area (Å²) in [6, 6.07) is 5.93. The number of benzene rings is 1. The second kappa shape index (κ2) is 4.99. The van der Waals surface area contributed by atoms with Crippen molar-refractivity contribution < 1.29 is 13.9 Å². The van der Waals surface area contributed by atoms with Crippen LogP contribution < -0.4 is 5.32 Å². The number of carbonyl (C=O) groups is 1. The third kappa shape index (κ3) is 2.24. The quantitative estimate of drug-likeness (QED) is 0.889. The van der Waals surface area contributed by atoms with Crippen molar-refractivity contribution in [1.82, 2.24) is 0 Å². The molecule has 1 atom stereocenters. The van der Waals surface area contributed by atoms with Gasteiger partial charge in [0.15, 0.2) is 0 Å². The third-order valence-corrected chi connectivity index (χ3v) is 4.27. The summed E-state index contributed by atoms with van der Waals surface area (Å²) in [5.41, 5.74) is 4.09. The van der Waals surface area contributed by atoms with E-state index in [0.29, 0.717) is 11.3 Å². The number of aryl methyl sites for hydroxylation is 2. The highest BCUT2D eigenvalue weighted by Crippen LogP contribution is 2.46. The van der Waals surface area contributed by atoms with E-state index in [1.54, 1.807) is 13.2 Å². The molecule has 4 nitrogen and oxygen atoms in total. The van der Waals surface area contributed by atoms with Crippen molar-refractivity contribution >= 4 is 11.6 Å². The molecule has 1 N–H and O–H groups in total. The van der Waals surface area contributed by atoms with Gasteiger partial charge in [0.1, 0.15) is 5.76 Å². The molecule has 0 saturated heterocycles. The maximum atomic E-state index is 12.6. The van der Waals surface area contributed by atoms with Crippen LogP contribution in [0.4, 0.5) is 5.69 Å². The van der Waals surface area contributed by atoms with Gasteiger partial charge in [0.05, 0.1) is 23.5 Å². The number of hydrogen-bond acceptors (Lipinski definition) is 3. The molecule has 0 fully saturated rings. The van der Waals surface area contributed by atoms with Gasteiger partial charge in [-0.05, 0) is 46.2 Å². The van der Waals surface area contributed by atoms with Crippen LogP contribution in [0.3, 0.4) is 0 Å². The highest BCUT2D eigenvalue weighted by Gasteiger charge is 2.37. The Bertz CT molecular complexity index is 723. The van der Waals surface area contributed by atoms with Crippen molar-refractivity contribution in [2.45, 2.75) is 46.3 Å². The Morgan fingerprint density at radius 2 is 2.00 bits per heavy atom. The van der Waals surface area contributed by atoms with Gasteiger partial charge in [-0.3, -0.25) is 4.79 Å². The van der Waals surface area contributed by atoms with E-state index >= 15 is 0 Å². The third-order valence-electron chi connectivity index (χ3n) is 4.27. The number of hydrogen-bond donors (Lipinski definition) is 1. The number of rotatable bonds is 2. The van der Waals surface area contributed by atoms with Crippen LogP contribution in [0.15, 0.2) is 28.9 Å². The van der Waals surface area contributed by atoms with Crippen LogP contribution in [-0.2, 0) is 10.3 Å². The number of anilines is 1. The first kappa shape index (κ1) is 14.9. The molecule has 2 aromatic rings. The topological polar surface area (TPSA) is 51.5 Å². The summed E-state index contributed by atoms with van der Waals surface area (Å²) in [5, 5.41) is 3.02. The Balaban J connectivity index is 1.98. The average molecular weight is 299 g/mol. The summed E-state index contributed by atoms with van der Waals surface area (Å²) in [7, 11) is 0. The molecule has 0 aliphatic carbocycles. The van der Waals surface area contributed by atoms with Gasteiger partial charge in [-0.25, -0.2) is 0 Å². The molecule has 4 heteroatoms. The number of ether oxygens (including phenoxy) is 1. The van der Waals surface area contributed by atoms with Crippen LogP contribution in [0.2, 0.25) is 0 Å². The van der Waals surface area contributed by atoms with Gasteiger partial charge in [-0.2, -0.15) is 0 Å². The first-order valence-corrected chi connectivity index (χ1v) is 7.48. The van der Waals surface area contributed by atoms with Crippen molar-refractivity contribution in [3.63, 3.8) is 0 Å². The number of carbonyl (C=O) groups excluding carboxylic acids is 1. The molecule has 3 rings (SSSR count). The second-order valence-corrected chi connectivity index (χ2v) is 6.34. The lowest BCUT2D eigenvalue weighted by Gasteiger charge is -2.19. The largest absolute Gasteiger partial charge is 0.469 e. The van der Waals surface area contributed by atoms with Gasteiger partial charge in [-0.1, -0.05) is 12.1 Å². The minimum atomic E-state index is -0.336. The van der Waals surface area contributed by atoms with Crippen LogP contribution in [0.25, 0.3) is 0 Å². The zero-order valence-electron chi connectivity index (χ0n) is 13.6. The smallest absolute Gasteiger partial charge is 0.259 e. The first-order chi connectivity index (χ1) is 10.3. The van der Waals surface area contributed by atoms with Crippen molar-refractivity contribution in [3.8, 4) is 0 Å². The van der Waals surface area contributed by atoms with Crippen molar-refractivity contribution in [1.29, 1.82) is 0 Å². The lowest BCUT2D eigenvalue weighted by Crippen LogP contribution is -2.16. The SMILES string of the molecule is Cc1coc(C)c1C(=O)Nc1cccc2c1C(C)OC2(C)C. The lowest BCUT2D eigenvalue weighted by molar-refractivity contribution is -0.0433. The summed E-state index contributed by atoms with van der Waals surface area (Å²) in [6.07, 6.45) is 1.56. The number of amides is 1. The van der Waals surface area contributed by atoms with Crippen LogP contribution in [0, 0.1) is 13.8 Å². The number of fused-ring (bicyclic) bond motifs is 1. The highest BCUT2D eigenvalue weighted by molar-refractivity contribution is 6.06. The van der Waals surface area contributed by atoms with Gasteiger partial charge in [0, 0.05) is 16.8 Å². The van der Waals surface area contributed by atoms with Crippen molar-refractivity contribution in [2.24, 2.45) is 0 Å². The standard InChI is InChI=1S/C18H21NO3/c1-10-9-21-11(2)15(10)17(20)19-14-8-6-7-13-16(14)12(3)22-18(13,4)5/h6-9,12H,1-5H3,(H,19,20). The molecule has 0 radical (unpaired) electrons. The predicted molar refractivity (Wildman–Crippen MR) is 85.1 cm³/mol. The van der Waals surface area contributed by atoms with Gasteiger partial charge >= 0.3 is 0 Å². The normalized spacial score (nSPS) is 19.0. The fraction of sp³-hybridized carbons (Fsp3) is 0.389. The second-order valence-electron chi connectivity index (χ2n) is 6.34. The van der Waals surface area contributed by atoms with Crippen LogP contribution >= 0.6 is 0 Å². The molecule has 116 valence electrons. The van der Waals surface area contributed by atoms with Crippen LogP contribution in [0.1, 0.15) is 59.7 Å². The van der Waals surface area contributed by atoms with Crippen LogP contribution in [0.5, 0.6) is 0 Å². The summed E-state index contributed by atoms with van der Waals surface area (Å²) in [4.78, 5) is 12.6. The van der Waals surface area contributed by atoms with E-state index in [0.717, 1.165) is 22.4 Å². The molecule has 0 saturated carbocycles. The average Bonchev–Trinajstić information content (AvgIpc) is 2.88. The number of furan rings is 1. The summed E-state index contributed by atoms with van der Waals surface area (Å²) < 4.78 is 11.3. The summed E-state index contributed by atoms with van der Waals surface area (Å²) in [5.74, 6) is 0.487. The molecule has 1 aliphatic rings. The molecule has 0 spiro atoms. The van der Waals surface area contributed by atoms with E-state index in [2.05, 4.69) is 11.4 Å². The van der Waals surface area contributed by atoms with E-state index in [1.165, 1.54) is 0 Å². The Morgan fingerprint density at radius 1 is 1.27 bits per heavy atom. The number of nitrogens with one attached hydrogen (secondary N) is 1. The van der Waals surface area contributed by atoms with Gasteiger partial charge < -0.3 is 14.5 Å². The van der Waals surface area contributed by atoms with Crippen molar-refractivity contribution in [3.05, 3.63) is 52.5 Å². The zero-order chi connectivity index (χ0) is 16.1. The molecule has 2 heterocycles. The molecule has 1 aromatic carbocycles. The molecular weight excluding hydrogens is 278 g/mol. The van der Waals surface area contributed by atoms with Gasteiger partial charge in [-0.15, -0.1) is 0 Å². The van der Waals surface area contributed by atoms with E-state index < -0.39 is 0 Å². The molecular formula is C18H21NO3. The minimum Gasteiger partial charge on any atom is -0.469 e. The highest BCUT2D eigenvalue weighted by atomic mass is 16.5. The van der Waals surface area contributed by atoms with E-state index in [1.807, 2.05) is 39.8 Å². The minimum absolute atomic E-state index is 0.0481. The Morgan fingerprint density at radius 3 is 2.64 bits per heavy atom. The fourth-order valence-corrected chi connectivity index (χ4v) is 3.30. The lowest BCUT2D eigenvalue weighted by atomic mass is 9.93. The maximum absolute atomic E-state index is 12.6. The molecule has 0 bridgehead atoms.